The maximum Gasteiger partial charge on any atom is 0.266 e. The zero-order chi connectivity index (χ0) is 35.1. The smallest absolute Gasteiger partial charge is 0.266 e. The van der Waals surface area contributed by atoms with Gasteiger partial charge in [0.1, 0.15) is 17.5 Å². The Morgan fingerprint density at radius 2 is 1.77 bits per heavy atom. The number of thioether (sulfide) groups is 1. The van der Waals surface area contributed by atoms with Crippen LogP contribution in [0.2, 0.25) is 0 Å². The van der Waals surface area contributed by atoms with Gasteiger partial charge in [-0.1, -0.05) is 50.6 Å². The number of nitrogens with zero attached hydrogens (tertiary/aromatic N) is 1. The number of benzene rings is 3. The van der Waals surface area contributed by atoms with Crippen LogP contribution in [0.1, 0.15) is 44.7 Å². The third-order valence-electron chi connectivity index (χ3n) is 8.27. The number of aromatic hydroxyl groups is 1. The molecule has 0 aliphatic carbocycles. The Labute approximate surface area is 285 Å². The summed E-state index contributed by atoms with van der Waals surface area (Å²) in [6.07, 6.45) is 4.04. The first-order valence-corrected chi connectivity index (χ1v) is 19.9. The van der Waals surface area contributed by atoms with Crippen molar-refractivity contribution >= 4 is 54.9 Å². The molecule has 4 rings (SSSR count). The van der Waals surface area contributed by atoms with E-state index in [0.29, 0.717) is 29.1 Å². The Kier molecular flexibility index (Phi) is 12.1. The molecule has 0 saturated heterocycles. The number of hydrogen-bond donors (Lipinski definition) is 4. The van der Waals surface area contributed by atoms with Crippen molar-refractivity contribution in [3.8, 4) is 11.5 Å². The second-order valence-corrected chi connectivity index (χ2v) is 16.1. The van der Waals surface area contributed by atoms with Gasteiger partial charge in [-0.2, -0.15) is 8.42 Å². The van der Waals surface area contributed by atoms with Gasteiger partial charge in [-0.05, 0) is 55.0 Å². The number of hydrogen-bond acceptors (Lipinski definition) is 10. The van der Waals surface area contributed by atoms with Crippen molar-refractivity contribution in [2.75, 3.05) is 42.4 Å². The molecular weight excluding hydrogens is 679 g/mol. The standard InChI is InChI=1S/C33H41N3O9S3/c1-4-15-33(5-2)21-36(24-9-7-6-8-10-24)26-18-28(46-3)27(19-29(26)47(40,41)22-33)45-20-30(38)35-31(23-11-13-25(37)14-12-23)32(39)34-16-17-48(42,43)44/h6-14,18-19,31,37H,4-5,15-17,20-22H2,1-3H3,(H,34,39)(H,35,38)(H,42,43,44)/t31-,33?/m1/s1. The molecule has 4 N–H and O–H groups in total. The first-order valence-electron chi connectivity index (χ1n) is 15.4. The van der Waals surface area contributed by atoms with Crippen LogP contribution in [0.3, 0.4) is 0 Å². The van der Waals surface area contributed by atoms with Gasteiger partial charge in [-0.25, -0.2) is 8.42 Å². The SMILES string of the molecule is CCCC1(CC)CN(c2ccccc2)c2cc(SC)c(OCC(=O)N[C@@H](C(=O)NCCS(=O)(=O)O)c3ccc(O)cc3)cc2S(=O)(=O)C1. The van der Waals surface area contributed by atoms with Gasteiger partial charge in [-0.15, -0.1) is 11.8 Å². The van der Waals surface area contributed by atoms with Crippen LogP contribution in [0.15, 0.2) is 76.5 Å². The van der Waals surface area contributed by atoms with E-state index in [0.717, 1.165) is 18.5 Å². The molecule has 12 nitrogen and oxygen atoms in total. The highest BCUT2D eigenvalue weighted by Gasteiger charge is 2.42. The Hall–Kier alpha value is -3.79. The summed E-state index contributed by atoms with van der Waals surface area (Å²) in [6, 6.07) is 17.1. The molecule has 3 aromatic carbocycles. The topological polar surface area (TPSA) is 179 Å². The van der Waals surface area contributed by atoms with Gasteiger partial charge in [0, 0.05) is 30.3 Å². The lowest BCUT2D eigenvalue weighted by Gasteiger charge is -2.36. The first-order chi connectivity index (χ1) is 22.7. The quantitative estimate of drug-likeness (QED) is 0.136. The highest BCUT2D eigenvalue weighted by molar-refractivity contribution is 7.98. The van der Waals surface area contributed by atoms with Gasteiger partial charge in [-0.3, -0.25) is 14.1 Å². The molecule has 2 atom stereocenters. The number of para-hydroxylation sites is 1. The van der Waals surface area contributed by atoms with Crippen LogP contribution < -0.4 is 20.3 Å². The Bertz CT molecular complexity index is 1820. The fourth-order valence-electron chi connectivity index (χ4n) is 5.84. The Balaban J connectivity index is 1.64. The van der Waals surface area contributed by atoms with Gasteiger partial charge in [0.2, 0.25) is 5.91 Å². The lowest BCUT2D eigenvalue weighted by Crippen LogP contribution is -2.43. The van der Waals surface area contributed by atoms with Crippen LogP contribution in [0.5, 0.6) is 11.5 Å². The van der Waals surface area contributed by atoms with Crippen LogP contribution >= 0.6 is 11.8 Å². The van der Waals surface area contributed by atoms with Crippen molar-refractivity contribution in [3.63, 3.8) is 0 Å². The van der Waals surface area contributed by atoms with Crippen molar-refractivity contribution in [2.45, 2.75) is 48.9 Å². The van der Waals surface area contributed by atoms with Gasteiger partial charge in [0.25, 0.3) is 16.0 Å². The molecule has 1 unspecified atom stereocenters. The minimum atomic E-state index is -4.34. The maximum atomic E-state index is 14.1. The summed E-state index contributed by atoms with van der Waals surface area (Å²) in [7, 11) is -8.14. The van der Waals surface area contributed by atoms with Crippen LogP contribution in [-0.4, -0.2) is 75.8 Å². The summed E-state index contributed by atoms with van der Waals surface area (Å²) in [5.74, 6) is -2.13. The molecule has 15 heteroatoms. The number of sulfone groups is 1. The number of nitrogens with one attached hydrogen (secondary N) is 2. The molecule has 1 aliphatic rings. The average molecular weight is 720 g/mol. The third-order valence-corrected chi connectivity index (χ3v) is 11.7. The summed E-state index contributed by atoms with van der Waals surface area (Å²) in [6.45, 7) is 3.60. The lowest BCUT2D eigenvalue weighted by atomic mass is 9.82. The zero-order valence-electron chi connectivity index (χ0n) is 27.0. The summed E-state index contributed by atoms with van der Waals surface area (Å²) >= 11 is 1.33. The number of phenolic OH excluding ortho intramolecular Hbond substituents is 1. The number of carbonyl (C=O) groups excluding carboxylic acids is 2. The minimum Gasteiger partial charge on any atom is -0.508 e. The predicted molar refractivity (Wildman–Crippen MR) is 185 cm³/mol. The number of carbonyl (C=O) groups is 2. The van der Waals surface area contributed by atoms with E-state index >= 15 is 0 Å². The average Bonchev–Trinajstić information content (AvgIpc) is 3.14. The Morgan fingerprint density at radius 3 is 2.38 bits per heavy atom. The third kappa shape index (κ3) is 9.21. The van der Waals surface area contributed by atoms with E-state index in [-0.39, 0.29) is 22.1 Å². The molecule has 0 saturated carbocycles. The second-order valence-electron chi connectivity index (χ2n) is 11.7. The summed E-state index contributed by atoms with van der Waals surface area (Å²) in [4.78, 5) is 28.9. The van der Waals surface area contributed by atoms with Gasteiger partial charge in [0.15, 0.2) is 16.4 Å². The van der Waals surface area contributed by atoms with Crippen molar-refractivity contribution < 1.29 is 40.8 Å². The van der Waals surface area contributed by atoms with Crippen LogP contribution in [0.4, 0.5) is 11.4 Å². The molecule has 0 bridgehead atoms. The normalized spacial score (nSPS) is 17.9. The largest absolute Gasteiger partial charge is 0.508 e. The monoisotopic (exact) mass is 719 g/mol. The van der Waals surface area contributed by atoms with Crippen LogP contribution in [-0.2, 0) is 29.5 Å². The molecule has 0 spiro atoms. The molecule has 1 heterocycles. The highest BCUT2D eigenvalue weighted by atomic mass is 32.2. The number of amides is 2. The number of phenols is 1. The summed E-state index contributed by atoms with van der Waals surface area (Å²) < 4.78 is 65.3. The summed E-state index contributed by atoms with van der Waals surface area (Å²) in [5.41, 5.74) is 1.19. The molecule has 3 aromatic rings. The maximum absolute atomic E-state index is 14.1. The molecule has 1 aliphatic heterocycles. The van der Waals surface area contributed by atoms with Crippen molar-refractivity contribution in [1.29, 1.82) is 0 Å². The number of anilines is 2. The van der Waals surface area contributed by atoms with E-state index < -0.39 is 62.1 Å². The fourth-order valence-corrected chi connectivity index (χ4v) is 8.92. The Morgan fingerprint density at radius 1 is 1.08 bits per heavy atom. The molecule has 0 radical (unpaired) electrons. The van der Waals surface area contributed by atoms with E-state index in [2.05, 4.69) is 15.5 Å². The lowest BCUT2D eigenvalue weighted by molar-refractivity contribution is -0.130. The molecule has 0 aromatic heterocycles. The molecular formula is C33H41N3O9S3. The van der Waals surface area contributed by atoms with Crippen molar-refractivity contribution in [3.05, 3.63) is 72.3 Å². The van der Waals surface area contributed by atoms with Crippen molar-refractivity contribution in [2.24, 2.45) is 5.41 Å². The molecule has 2 amide bonds. The van der Waals surface area contributed by atoms with E-state index in [1.165, 1.54) is 42.1 Å². The summed E-state index contributed by atoms with van der Waals surface area (Å²) in [5, 5.41) is 14.6. The second kappa shape index (κ2) is 15.6. The van der Waals surface area contributed by atoms with Gasteiger partial charge >= 0.3 is 0 Å². The molecule has 48 heavy (non-hydrogen) atoms. The molecule has 0 fully saturated rings. The number of fused-ring (bicyclic) bond motifs is 1. The van der Waals surface area contributed by atoms with Gasteiger partial charge in [0.05, 0.1) is 27.0 Å². The van der Waals surface area contributed by atoms with Crippen molar-refractivity contribution in [1.82, 2.24) is 10.6 Å². The first kappa shape index (κ1) is 37.0. The molecule has 260 valence electrons. The fraction of sp³-hybridized carbons (Fsp3) is 0.394. The van der Waals surface area contributed by atoms with E-state index in [4.69, 9.17) is 9.29 Å². The number of ether oxygens (including phenoxy) is 1. The van der Waals surface area contributed by atoms with Gasteiger partial charge < -0.3 is 25.4 Å². The van der Waals surface area contributed by atoms with E-state index in [9.17, 15) is 31.5 Å². The van der Waals surface area contributed by atoms with Crippen LogP contribution in [0, 0.1) is 5.41 Å². The van der Waals surface area contributed by atoms with Crippen LogP contribution in [0.25, 0.3) is 0 Å². The van der Waals surface area contributed by atoms with E-state index in [1.807, 2.05) is 50.4 Å². The minimum absolute atomic E-state index is 0.0415. The zero-order valence-corrected chi connectivity index (χ0v) is 29.5. The number of rotatable bonds is 14. The van der Waals surface area contributed by atoms with E-state index in [1.54, 1.807) is 6.07 Å². The highest BCUT2D eigenvalue weighted by Crippen LogP contribution is 2.47. The predicted octanol–water partition coefficient (Wildman–Crippen LogP) is 4.48.